The average Bonchev–Trinajstić information content (AvgIpc) is 3.32. The van der Waals surface area contributed by atoms with Gasteiger partial charge in [0, 0.05) is 12.6 Å². The largest absolute Gasteiger partial charge is 0.254 e. The van der Waals surface area contributed by atoms with E-state index in [1.807, 2.05) is 6.07 Å². The van der Waals surface area contributed by atoms with Crippen LogP contribution in [0.1, 0.15) is 89.4 Å². The Hall–Kier alpha value is -1.88. The van der Waals surface area contributed by atoms with Crippen molar-refractivity contribution < 1.29 is 4.39 Å². The average molecular weight is 423 g/mol. The number of aryl methyl sites for hydroxylation is 1. The van der Waals surface area contributed by atoms with Gasteiger partial charge in [0.2, 0.25) is 0 Å². The van der Waals surface area contributed by atoms with Crippen LogP contribution in [0, 0.1) is 63.6 Å². The van der Waals surface area contributed by atoms with E-state index in [0.29, 0.717) is 47.5 Å². The van der Waals surface area contributed by atoms with Crippen LogP contribution < -0.4 is 0 Å². The first kappa shape index (κ1) is 21.0. The van der Waals surface area contributed by atoms with E-state index in [1.165, 1.54) is 19.3 Å². The van der Waals surface area contributed by atoms with E-state index in [9.17, 15) is 5.26 Å². The van der Waals surface area contributed by atoms with Crippen LogP contribution in [0.25, 0.3) is 0 Å². The van der Waals surface area contributed by atoms with E-state index in [0.717, 1.165) is 44.9 Å². The fourth-order valence-electron chi connectivity index (χ4n) is 8.59. The van der Waals surface area contributed by atoms with E-state index >= 15 is 4.39 Å². The number of nitrogens with zero attached hydrogens (tertiary/aromatic N) is 4. The second kappa shape index (κ2) is 7.61. The highest BCUT2D eigenvalue weighted by Crippen LogP contribution is 2.66. The van der Waals surface area contributed by atoms with E-state index in [1.54, 1.807) is 10.7 Å². The molecule has 4 saturated carbocycles. The molecule has 1 heterocycles. The first-order chi connectivity index (χ1) is 14.9. The van der Waals surface area contributed by atoms with Crippen molar-refractivity contribution in [2.24, 2.45) is 40.9 Å². The van der Waals surface area contributed by atoms with Gasteiger partial charge in [-0.2, -0.15) is 15.6 Å². The van der Waals surface area contributed by atoms with Crippen molar-refractivity contribution >= 4 is 0 Å². The SMILES string of the molecule is C[C@H]1CC[C@]2(F)C3CC[C@@]4(C)C(CC[C@@H]4CCn4nc(C#N)cc4C#N)[C@@H]3CC[C@@H]2C1. The lowest BCUT2D eigenvalue weighted by atomic mass is 9.48. The number of aromatic nitrogens is 2. The van der Waals surface area contributed by atoms with E-state index < -0.39 is 5.67 Å². The van der Waals surface area contributed by atoms with Crippen LogP contribution >= 0.6 is 0 Å². The first-order valence-corrected chi connectivity index (χ1v) is 12.5. The molecule has 1 aromatic rings. The highest BCUT2D eigenvalue weighted by Gasteiger charge is 2.61. The van der Waals surface area contributed by atoms with Gasteiger partial charge in [0.25, 0.3) is 0 Å². The van der Waals surface area contributed by atoms with Crippen LogP contribution in [-0.2, 0) is 6.54 Å². The summed E-state index contributed by atoms with van der Waals surface area (Å²) in [6.45, 7) is 5.47. The molecule has 5 rings (SSSR count). The Balaban J connectivity index is 1.31. The molecule has 0 aliphatic heterocycles. The van der Waals surface area contributed by atoms with Crippen LogP contribution in [0.2, 0.25) is 0 Å². The Morgan fingerprint density at radius 3 is 2.71 bits per heavy atom. The van der Waals surface area contributed by atoms with Gasteiger partial charge in [0.05, 0.1) is 0 Å². The molecule has 4 aliphatic carbocycles. The summed E-state index contributed by atoms with van der Waals surface area (Å²) >= 11 is 0. The summed E-state index contributed by atoms with van der Waals surface area (Å²) < 4.78 is 18.1. The lowest BCUT2D eigenvalue weighted by Crippen LogP contribution is -2.56. The second-order valence-corrected chi connectivity index (χ2v) is 11.4. The third kappa shape index (κ3) is 3.23. The molecule has 2 unspecified atom stereocenters. The molecule has 31 heavy (non-hydrogen) atoms. The number of halogens is 1. The van der Waals surface area contributed by atoms with Crippen molar-refractivity contribution in [3.8, 4) is 12.1 Å². The molecule has 4 fully saturated rings. The number of nitriles is 2. The van der Waals surface area contributed by atoms with E-state index in [-0.39, 0.29) is 11.3 Å². The molecule has 0 spiro atoms. The predicted molar refractivity (Wildman–Crippen MR) is 116 cm³/mol. The maximum Gasteiger partial charge on any atom is 0.163 e. The monoisotopic (exact) mass is 422 g/mol. The van der Waals surface area contributed by atoms with E-state index in [2.05, 4.69) is 25.0 Å². The van der Waals surface area contributed by atoms with Crippen molar-refractivity contribution in [3.05, 3.63) is 17.5 Å². The Labute approximate surface area is 185 Å². The van der Waals surface area contributed by atoms with E-state index in [4.69, 9.17) is 5.26 Å². The van der Waals surface area contributed by atoms with Gasteiger partial charge < -0.3 is 0 Å². The maximum atomic E-state index is 16.4. The summed E-state index contributed by atoms with van der Waals surface area (Å²) in [7, 11) is 0. The lowest BCUT2D eigenvalue weighted by Gasteiger charge is -2.58. The van der Waals surface area contributed by atoms with Crippen LogP contribution in [0.4, 0.5) is 4.39 Å². The summed E-state index contributed by atoms with van der Waals surface area (Å²) in [5, 5.41) is 22.8. The molecule has 1 aromatic heterocycles. The van der Waals surface area contributed by atoms with Gasteiger partial charge in [0.15, 0.2) is 5.69 Å². The molecule has 0 amide bonds. The zero-order chi connectivity index (χ0) is 21.8. The summed E-state index contributed by atoms with van der Waals surface area (Å²) in [6.07, 6.45) is 10.9. The summed E-state index contributed by atoms with van der Waals surface area (Å²) in [4.78, 5) is 0. The third-order valence-corrected chi connectivity index (χ3v) is 10.2. The van der Waals surface area contributed by atoms with Crippen molar-refractivity contribution in [1.29, 1.82) is 10.5 Å². The highest BCUT2D eigenvalue weighted by molar-refractivity contribution is 5.29. The van der Waals surface area contributed by atoms with Crippen molar-refractivity contribution in [2.75, 3.05) is 0 Å². The summed E-state index contributed by atoms with van der Waals surface area (Å²) in [5.74, 6) is 3.08. The summed E-state index contributed by atoms with van der Waals surface area (Å²) in [6, 6.07) is 5.79. The fourth-order valence-corrected chi connectivity index (χ4v) is 8.59. The van der Waals surface area contributed by atoms with Crippen LogP contribution in [0.15, 0.2) is 6.07 Å². The Morgan fingerprint density at radius 2 is 1.94 bits per heavy atom. The Bertz CT molecular complexity index is 925. The van der Waals surface area contributed by atoms with Crippen molar-refractivity contribution in [1.82, 2.24) is 9.78 Å². The van der Waals surface area contributed by atoms with Crippen LogP contribution in [0.5, 0.6) is 0 Å². The standard InChI is InChI=1S/C26H35FN4/c1-17-7-11-26(27)19(13-17)3-5-22-23-6-4-18(25(23,2)10-8-24(22)26)9-12-31-21(16-29)14-20(15-28)30-31/h14,17-19,22-24H,3-13H2,1-2H3/t17-,18+,19+,22-,23?,24?,25+,26+/m0/s1. The minimum absolute atomic E-state index is 0.282. The normalized spacial score (nSPS) is 43.9. The molecule has 166 valence electrons. The van der Waals surface area contributed by atoms with Gasteiger partial charge in [-0.3, -0.25) is 4.68 Å². The van der Waals surface area contributed by atoms with Gasteiger partial charge in [-0.1, -0.05) is 13.8 Å². The Morgan fingerprint density at radius 1 is 1.10 bits per heavy atom. The smallest absolute Gasteiger partial charge is 0.163 e. The molecule has 5 heteroatoms. The molecular formula is C26H35FN4. The third-order valence-electron chi connectivity index (χ3n) is 10.2. The molecule has 0 radical (unpaired) electrons. The predicted octanol–water partition coefficient (Wildman–Crippen LogP) is 6.01. The van der Waals surface area contributed by atoms with Gasteiger partial charge in [0.1, 0.15) is 23.5 Å². The highest BCUT2D eigenvalue weighted by atomic mass is 19.1. The number of fused-ring (bicyclic) bond motifs is 5. The first-order valence-electron chi connectivity index (χ1n) is 12.5. The van der Waals surface area contributed by atoms with Crippen LogP contribution in [0.3, 0.4) is 0 Å². The van der Waals surface area contributed by atoms with Crippen molar-refractivity contribution in [2.45, 2.75) is 90.3 Å². The number of rotatable bonds is 3. The molecule has 4 aliphatic rings. The molecule has 0 aromatic carbocycles. The zero-order valence-electron chi connectivity index (χ0n) is 19.0. The molecule has 0 N–H and O–H groups in total. The zero-order valence-corrected chi connectivity index (χ0v) is 19.0. The van der Waals surface area contributed by atoms with Gasteiger partial charge in [-0.25, -0.2) is 4.39 Å². The molecular weight excluding hydrogens is 387 g/mol. The topological polar surface area (TPSA) is 65.4 Å². The Kier molecular flexibility index (Phi) is 5.16. The molecule has 0 bridgehead atoms. The minimum atomic E-state index is -0.903. The molecule has 0 saturated heterocycles. The molecule has 4 nitrogen and oxygen atoms in total. The number of hydrogen-bond acceptors (Lipinski definition) is 3. The quantitative estimate of drug-likeness (QED) is 0.599. The summed E-state index contributed by atoms with van der Waals surface area (Å²) in [5.41, 5.74) is 0.174. The fraction of sp³-hybridized carbons (Fsp3) is 0.808. The minimum Gasteiger partial charge on any atom is -0.254 e. The lowest BCUT2D eigenvalue weighted by molar-refractivity contribution is -0.139. The van der Waals surface area contributed by atoms with Gasteiger partial charge in [-0.05, 0) is 105 Å². The van der Waals surface area contributed by atoms with Crippen LogP contribution in [-0.4, -0.2) is 15.4 Å². The number of alkyl halides is 1. The molecule has 8 atom stereocenters. The van der Waals surface area contributed by atoms with Crippen molar-refractivity contribution in [3.63, 3.8) is 0 Å². The van der Waals surface area contributed by atoms with Gasteiger partial charge in [-0.15, -0.1) is 0 Å². The maximum absolute atomic E-state index is 16.4. The second-order valence-electron chi connectivity index (χ2n) is 11.4. The van der Waals surface area contributed by atoms with Gasteiger partial charge >= 0.3 is 0 Å². The number of hydrogen-bond donors (Lipinski definition) is 0.